The quantitative estimate of drug-likeness (QED) is 0.679. The lowest BCUT2D eigenvalue weighted by Crippen LogP contribution is -2.37. The van der Waals surface area contributed by atoms with Gasteiger partial charge in [-0.15, -0.1) is 0 Å². The number of nitrogens with zero attached hydrogens (tertiary/aromatic N) is 1. The van der Waals surface area contributed by atoms with E-state index in [1.807, 2.05) is 55.5 Å². The van der Waals surface area contributed by atoms with Crippen LogP contribution in [-0.2, 0) is 19.6 Å². The van der Waals surface area contributed by atoms with Gasteiger partial charge in [-0.3, -0.25) is 0 Å². The van der Waals surface area contributed by atoms with Crippen molar-refractivity contribution in [3.8, 4) is 0 Å². The maximum Gasteiger partial charge on any atom is 0.338 e. The normalized spacial score (nSPS) is 19.4. The maximum atomic E-state index is 13.4. The first-order chi connectivity index (χ1) is 14.4. The second kappa shape index (κ2) is 8.20. The van der Waals surface area contributed by atoms with Crippen LogP contribution in [0.4, 0.5) is 0 Å². The number of carbonyl (C=O) groups is 1. The van der Waals surface area contributed by atoms with Crippen molar-refractivity contribution in [3.05, 3.63) is 82.9 Å². The van der Waals surface area contributed by atoms with Crippen molar-refractivity contribution in [2.45, 2.75) is 37.6 Å². The molecule has 4 rings (SSSR count). The highest BCUT2D eigenvalue weighted by molar-refractivity contribution is 7.89. The van der Waals surface area contributed by atoms with E-state index in [-0.39, 0.29) is 12.0 Å². The van der Waals surface area contributed by atoms with Gasteiger partial charge < -0.3 is 4.74 Å². The Hall–Kier alpha value is -2.70. The zero-order chi connectivity index (χ0) is 21.3. The zero-order valence-corrected chi connectivity index (χ0v) is 18.0. The van der Waals surface area contributed by atoms with Crippen LogP contribution in [0.25, 0.3) is 5.57 Å². The number of rotatable bonds is 5. The van der Waals surface area contributed by atoms with Crippen molar-refractivity contribution in [2.24, 2.45) is 0 Å². The van der Waals surface area contributed by atoms with Gasteiger partial charge in [0, 0.05) is 6.54 Å². The number of esters is 1. The van der Waals surface area contributed by atoms with Crippen molar-refractivity contribution in [1.29, 1.82) is 0 Å². The summed E-state index contributed by atoms with van der Waals surface area (Å²) >= 11 is 0. The summed E-state index contributed by atoms with van der Waals surface area (Å²) in [5.74, 6) is -0.359. The van der Waals surface area contributed by atoms with Crippen molar-refractivity contribution in [1.82, 2.24) is 4.31 Å². The van der Waals surface area contributed by atoms with Crippen LogP contribution in [0.3, 0.4) is 0 Å². The van der Waals surface area contributed by atoms with Gasteiger partial charge in [-0.25, -0.2) is 13.2 Å². The molecule has 0 N–H and O–H groups in total. The van der Waals surface area contributed by atoms with Crippen LogP contribution in [-0.4, -0.2) is 37.9 Å². The van der Waals surface area contributed by atoms with Crippen molar-refractivity contribution in [3.63, 3.8) is 0 Å². The lowest BCUT2D eigenvalue weighted by Gasteiger charge is -2.29. The van der Waals surface area contributed by atoms with Gasteiger partial charge in [-0.2, -0.15) is 4.31 Å². The average molecular weight is 424 g/mol. The van der Waals surface area contributed by atoms with Gasteiger partial charge in [0.25, 0.3) is 0 Å². The highest BCUT2D eigenvalue weighted by Gasteiger charge is 2.41. The minimum atomic E-state index is -3.63. The first-order valence-electron chi connectivity index (χ1n) is 10.2. The van der Waals surface area contributed by atoms with E-state index >= 15 is 0 Å². The van der Waals surface area contributed by atoms with E-state index < -0.39 is 10.0 Å². The predicted molar refractivity (Wildman–Crippen MR) is 116 cm³/mol. The van der Waals surface area contributed by atoms with Gasteiger partial charge >= 0.3 is 5.97 Å². The Kier molecular flexibility index (Phi) is 5.62. The Morgan fingerprint density at radius 2 is 1.80 bits per heavy atom. The molecule has 1 saturated heterocycles. The third kappa shape index (κ3) is 3.73. The molecule has 156 valence electrons. The molecule has 0 bridgehead atoms. The third-order valence-electron chi connectivity index (χ3n) is 5.69. The molecule has 0 aromatic heterocycles. The zero-order valence-electron chi connectivity index (χ0n) is 17.2. The van der Waals surface area contributed by atoms with Crippen LogP contribution in [0.5, 0.6) is 0 Å². The van der Waals surface area contributed by atoms with Crippen LogP contribution in [0.2, 0.25) is 0 Å². The van der Waals surface area contributed by atoms with Crippen LogP contribution >= 0.6 is 0 Å². The van der Waals surface area contributed by atoms with Crippen LogP contribution < -0.4 is 0 Å². The molecule has 1 aliphatic heterocycles. The fraction of sp³-hybridized carbons (Fsp3) is 0.292. The molecule has 5 nitrogen and oxygen atoms in total. The standard InChI is InChI=1S/C24H25NO4S/c1-3-29-24(26)22-15-19-13-14-25(30(27,28)20-11-9-17(2)10-12-20)23(19)16-21(22)18-7-5-4-6-8-18/h4-12,15,23H,3,13-14,16H2,1-2H3/t23-/m0/s1. The summed E-state index contributed by atoms with van der Waals surface area (Å²) < 4.78 is 33.6. The summed E-state index contributed by atoms with van der Waals surface area (Å²) in [5, 5.41) is 0. The van der Waals surface area contributed by atoms with E-state index in [1.165, 1.54) is 0 Å². The number of hydrogen-bond donors (Lipinski definition) is 0. The lowest BCUT2D eigenvalue weighted by atomic mass is 9.85. The van der Waals surface area contributed by atoms with Gasteiger partial charge in [0.05, 0.1) is 23.1 Å². The van der Waals surface area contributed by atoms with Gasteiger partial charge in [0.1, 0.15) is 0 Å². The Labute approximate surface area is 177 Å². The van der Waals surface area contributed by atoms with E-state index in [2.05, 4.69) is 0 Å². The summed E-state index contributed by atoms with van der Waals surface area (Å²) in [5.41, 5.74) is 4.25. The fourth-order valence-corrected chi connectivity index (χ4v) is 5.79. The van der Waals surface area contributed by atoms with Crippen LogP contribution in [0.1, 0.15) is 30.9 Å². The molecular weight excluding hydrogens is 398 g/mol. The topological polar surface area (TPSA) is 63.7 Å². The summed E-state index contributed by atoms with van der Waals surface area (Å²) in [7, 11) is -3.63. The minimum Gasteiger partial charge on any atom is -0.462 e. The highest BCUT2D eigenvalue weighted by Crippen LogP contribution is 2.41. The van der Waals surface area contributed by atoms with E-state index in [9.17, 15) is 13.2 Å². The first-order valence-corrected chi connectivity index (χ1v) is 11.6. The third-order valence-corrected chi connectivity index (χ3v) is 7.62. The highest BCUT2D eigenvalue weighted by atomic mass is 32.2. The summed E-state index contributed by atoms with van der Waals surface area (Å²) in [6.07, 6.45) is 2.91. The van der Waals surface area contributed by atoms with Crippen LogP contribution in [0.15, 0.2) is 76.7 Å². The Morgan fingerprint density at radius 1 is 1.10 bits per heavy atom. The summed E-state index contributed by atoms with van der Waals surface area (Å²) in [4.78, 5) is 12.9. The molecule has 0 radical (unpaired) electrons. The van der Waals surface area contributed by atoms with E-state index in [4.69, 9.17) is 4.74 Å². The van der Waals surface area contributed by atoms with Crippen molar-refractivity contribution in [2.75, 3.05) is 13.2 Å². The minimum absolute atomic E-state index is 0.287. The van der Waals surface area contributed by atoms with Gasteiger partial charge in [-0.1, -0.05) is 48.0 Å². The smallest absolute Gasteiger partial charge is 0.338 e. The van der Waals surface area contributed by atoms with E-state index in [0.717, 1.165) is 22.3 Å². The molecule has 0 saturated carbocycles. The Balaban J connectivity index is 1.73. The average Bonchev–Trinajstić information content (AvgIpc) is 3.18. The number of hydrogen-bond acceptors (Lipinski definition) is 4. The molecule has 1 atom stereocenters. The summed E-state index contributed by atoms with van der Waals surface area (Å²) in [6.45, 7) is 4.42. The molecule has 0 spiro atoms. The van der Waals surface area contributed by atoms with Crippen molar-refractivity contribution >= 4 is 21.6 Å². The molecule has 30 heavy (non-hydrogen) atoms. The van der Waals surface area contributed by atoms with E-state index in [0.29, 0.717) is 36.5 Å². The SMILES string of the molecule is CCOC(=O)C1=C(c2ccccc2)C[C@H]2C(=C1)CCN2S(=O)(=O)c1ccc(C)cc1. The predicted octanol–water partition coefficient (Wildman–Crippen LogP) is 4.11. The monoisotopic (exact) mass is 423 g/mol. The molecule has 2 aromatic rings. The molecule has 1 aliphatic carbocycles. The summed E-state index contributed by atoms with van der Waals surface area (Å²) in [6, 6.07) is 16.3. The number of aryl methyl sites for hydroxylation is 1. The molecule has 0 amide bonds. The number of carbonyl (C=O) groups excluding carboxylic acids is 1. The number of benzene rings is 2. The lowest BCUT2D eigenvalue weighted by molar-refractivity contribution is -0.138. The first kappa shape index (κ1) is 20.6. The molecule has 2 aromatic carbocycles. The van der Waals surface area contributed by atoms with Gasteiger partial charge in [0.2, 0.25) is 10.0 Å². The molecule has 2 aliphatic rings. The second-order valence-corrected chi connectivity index (χ2v) is 9.49. The Morgan fingerprint density at radius 3 is 2.47 bits per heavy atom. The van der Waals surface area contributed by atoms with Crippen LogP contribution in [0, 0.1) is 6.92 Å². The number of fused-ring (bicyclic) bond motifs is 1. The number of ether oxygens (including phenoxy) is 1. The number of sulfonamides is 1. The molecule has 1 fully saturated rings. The van der Waals surface area contributed by atoms with Gasteiger partial charge in [-0.05, 0) is 61.6 Å². The Bertz CT molecular complexity index is 1120. The van der Waals surface area contributed by atoms with Crippen molar-refractivity contribution < 1.29 is 17.9 Å². The molecular formula is C24H25NO4S. The molecule has 1 heterocycles. The largest absolute Gasteiger partial charge is 0.462 e. The second-order valence-electron chi connectivity index (χ2n) is 7.60. The fourth-order valence-electron chi connectivity index (χ4n) is 4.16. The molecule has 6 heteroatoms. The van der Waals surface area contributed by atoms with Gasteiger partial charge in [0.15, 0.2) is 0 Å². The maximum absolute atomic E-state index is 13.4. The van der Waals surface area contributed by atoms with E-state index in [1.54, 1.807) is 23.4 Å². The molecule has 0 unspecified atom stereocenters.